The van der Waals surface area contributed by atoms with E-state index in [1.165, 1.54) is 7.11 Å². The summed E-state index contributed by atoms with van der Waals surface area (Å²) >= 11 is 0. The van der Waals surface area contributed by atoms with Gasteiger partial charge in [0.25, 0.3) is 0 Å². The number of ketones is 2. The zero-order valence-electron chi connectivity index (χ0n) is 15.4. The summed E-state index contributed by atoms with van der Waals surface area (Å²) in [7, 11) is 1.24. The van der Waals surface area contributed by atoms with Crippen molar-refractivity contribution in [1.82, 2.24) is 5.48 Å². The van der Waals surface area contributed by atoms with Gasteiger partial charge in [-0.25, -0.2) is 5.48 Å². The van der Waals surface area contributed by atoms with Gasteiger partial charge >= 0.3 is 5.97 Å². The average molecular weight is 346 g/mol. The van der Waals surface area contributed by atoms with Crippen molar-refractivity contribution in [3.8, 4) is 0 Å². The molecule has 0 aromatic rings. The Morgan fingerprint density at radius 2 is 1.96 bits per heavy atom. The number of carbonyl (C=O) groups excluding carboxylic acids is 3. The number of hydrogen-bond donors (Lipinski definition) is 1. The molecule has 0 aromatic heterocycles. The van der Waals surface area contributed by atoms with Crippen molar-refractivity contribution in [3.63, 3.8) is 0 Å². The van der Waals surface area contributed by atoms with Crippen LogP contribution in [0.1, 0.15) is 47.0 Å². The molecule has 1 unspecified atom stereocenters. The summed E-state index contributed by atoms with van der Waals surface area (Å²) in [5, 5.41) is 0. The van der Waals surface area contributed by atoms with Gasteiger partial charge in [-0.3, -0.25) is 14.4 Å². The summed E-state index contributed by atoms with van der Waals surface area (Å²) < 4.78 is 4.76. The van der Waals surface area contributed by atoms with E-state index in [2.05, 4.69) is 12.1 Å². The van der Waals surface area contributed by atoms with Crippen LogP contribution in [0.4, 0.5) is 0 Å². The van der Waals surface area contributed by atoms with E-state index in [0.717, 1.165) is 0 Å². The minimum Gasteiger partial charge on any atom is -0.468 e. The first-order chi connectivity index (χ1) is 10.7. The molecule has 7 heteroatoms. The maximum absolute atomic E-state index is 12.8. The summed E-state index contributed by atoms with van der Waals surface area (Å²) in [4.78, 5) is 42.5. The molecule has 0 heterocycles. The molecule has 0 spiro atoms. The minimum atomic E-state index is -1.00. The Labute approximate surface area is 165 Å². The molecule has 1 aliphatic carbocycles. The smallest absolute Gasteiger partial charge is 0.317 e. The summed E-state index contributed by atoms with van der Waals surface area (Å²) in [6.45, 7) is 10.6. The molecule has 0 aromatic carbocycles. The standard InChI is InChI=1S/C17H25NO5.Na/c1-7-8-11(18-23-10(2)3)13-12(19)9-17(4,5)14(15(13)20)16(21)22-6;/h14,18H,2,7-9H2,1,3-6H3;. The van der Waals surface area contributed by atoms with Gasteiger partial charge in [-0.15, -0.1) is 0 Å². The molecular formula is C17H25NNaO5. The van der Waals surface area contributed by atoms with Crippen molar-refractivity contribution in [2.24, 2.45) is 11.3 Å². The van der Waals surface area contributed by atoms with Crippen LogP contribution in [0.15, 0.2) is 23.6 Å². The van der Waals surface area contributed by atoms with E-state index in [-0.39, 0.29) is 47.3 Å². The molecule has 1 radical (unpaired) electrons. The number of ether oxygens (including phenoxy) is 1. The van der Waals surface area contributed by atoms with Crippen molar-refractivity contribution in [3.05, 3.63) is 23.6 Å². The minimum absolute atomic E-state index is 0. The van der Waals surface area contributed by atoms with Gasteiger partial charge in [-0.2, -0.15) is 0 Å². The fourth-order valence-electron chi connectivity index (χ4n) is 2.73. The van der Waals surface area contributed by atoms with Crippen LogP contribution in [0.5, 0.6) is 0 Å². The van der Waals surface area contributed by atoms with Gasteiger partial charge in [0.05, 0.1) is 18.4 Å². The molecule has 1 N–H and O–H groups in total. The monoisotopic (exact) mass is 346 g/mol. The van der Waals surface area contributed by atoms with Crippen LogP contribution in [-0.2, 0) is 24.0 Å². The topological polar surface area (TPSA) is 81.7 Å². The Kier molecular flexibility index (Phi) is 8.96. The zero-order chi connectivity index (χ0) is 17.8. The van der Waals surface area contributed by atoms with Crippen LogP contribution in [0.3, 0.4) is 0 Å². The SMILES string of the molecule is C=C(C)ONC(CCC)=C1C(=O)CC(C)(C)C(C(=O)OC)C1=O.[Na]. The first kappa shape index (κ1) is 22.9. The fraction of sp³-hybridized carbons (Fsp3) is 0.588. The van der Waals surface area contributed by atoms with Gasteiger partial charge in [0.2, 0.25) is 0 Å². The van der Waals surface area contributed by atoms with Crippen LogP contribution in [0.25, 0.3) is 0 Å². The second kappa shape index (κ2) is 9.39. The van der Waals surface area contributed by atoms with Crippen molar-refractivity contribution in [1.29, 1.82) is 0 Å². The molecule has 1 saturated carbocycles. The molecule has 24 heavy (non-hydrogen) atoms. The van der Waals surface area contributed by atoms with Crippen molar-refractivity contribution in [2.75, 3.05) is 7.11 Å². The normalized spacial score (nSPS) is 21.5. The molecule has 129 valence electrons. The van der Waals surface area contributed by atoms with E-state index in [1.54, 1.807) is 20.8 Å². The average Bonchev–Trinajstić information content (AvgIpc) is 2.42. The van der Waals surface area contributed by atoms with Crippen LogP contribution in [0.2, 0.25) is 0 Å². The third kappa shape index (κ3) is 5.19. The second-order valence-electron chi connectivity index (χ2n) is 6.42. The molecule has 0 aliphatic heterocycles. The molecule has 1 atom stereocenters. The molecule has 1 fully saturated rings. The summed E-state index contributed by atoms with van der Waals surface area (Å²) in [5.41, 5.74) is 2.25. The third-order valence-corrected chi connectivity index (χ3v) is 3.77. The van der Waals surface area contributed by atoms with Gasteiger partial charge in [-0.05, 0) is 18.8 Å². The number of rotatable bonds is 6. The van der Waals surface area contributed by atoms with Gasteiger partial charge in [0, 0.05) is 36.0 Å². The Morgan fingerprint density at radius 1 is 1.38 bits per heavy atom. The Bertz CT molecular complexity index is 565. The van der Waals surface area contributed by atoms with Crippen molar-refractivity contribution >= 4 is 47.1 Å². The number of allylic oxidation sites excluding steroid dienone is 3. The molecule has 0 saturated heterocycles. The van der Waals surface area contributed by atoms with Crippen LogP contribution in [-0.4, -0.2) is 54.2 Å². The predicted molar refractivity (Wildman–Crippen MR) is 90.6 cm³/mol. The van der Waals surface area contributed by atoms with E-state index in [0.29, 0.717) is 24.3 Å². The van der Waals surface area contributed by atoms with E-state index >= 15 is 0 Å². The van der Waals surface area contributed by atoms with Crippen molar-refractivity contribution < 1.29 is 24.0 Å². The van der Waals surface area contributed by atoms with E-state index < -0.39 is 23.1 Å². The van der Waals surface area contributed by atoms with Crippen molar-refractivity contribution in [2.45, 2.75) is 47.0 Å². The molecule has 0 amide bonds. The van der Waals surface area contributed by atoms with E-state index in [1.807, 2.05) is 6.92 Å². The maximum atomic E-state index is 12.8. The fourth-order valence-corrected chi connectivity index (χ4v) is 2.73. The number of carbonyl (C=O) groups is 3. The van der Waals surface area contributed by atoms with Gasteiger partial charge in [-0.1, -0.05) is 33.8 Å². The Morgan fingerprint density at radius 3 is 2.42 bits per heavy atom. The third-order valence-electron chi connectivity index (χ3n) is 3.77. The number of methoxy groups -OCH3 is 1. The second-order valence-corrected chi connectivity index (χ2v) is 6.42. The molecule has 6 nitrogen and oxygen atoms in total. The Hall–Kier alpha value is -1.11. The first-order valence-electron chi connectivity index (χ1n) is 7.62. The maximum Gasteiger partial charge on any atom is 0.317 e. The molecular weight excluding hydrogens is 321 g/mol. The van der Waals surface area contributed by atoms with Crippen LogP contribution < -0.4 is 5.48 Å². The van der Waals surface area contributed by atoms with Gasteiger partial charge in [0.15, 0.2) is 11.6 Å². The van der Waals surface area contributed by atoms with E-state index in [4.69, 9.17) is 9.57 Å². The number of esters is 1. The predicted octanol–water partition coefficient (Wildman–Crippen LogP) is 2.07. The van der Waals surface area contributed by atoms with Crippen LogP contribution in [0, 0.1) is 11.3 Å². The largest absolute Gasteiger partial charge is 0.468 e. The van der Waals surface area contributed by atoms with Crippen LogP contribution >= 0.6 is 0 Å². The van der Waals surface area contributed by atoms with Gasteiger partial charge < -0.3 is 9.57 Å². The van der Waals surface area contributed by atoms with Gasteiger partial charge in [0.1, 0.15) is 11.7 Å². The number of hydroxylamine groups is 1. The number of Topliss-reactive ketones (excluding diaryl/α,β-unsaturated/α-hetero) is 2. The molecule has 1 aliphatic rings. The number of hydrogen-bond acceptors (Lipinski definition) is 6. The van der Waals surface area contributed by atoms with E-state index in [9.17, 15) is 14.4 Å². The first-order valence-corrected chi connectivity index (χ1v) is 7.62. The zero-order valence-corrected chi connectivity index (χ0v) is 17.4. The molecule has 0 bridgehead atoms. The Balaban J connectivity index is 0.00000529. The number of nitrogens with one attached hydrogen (secondary N) is 1. The molecule has 1 rings (SSSR count). The summed E-state index contributed by atoms with van der Waals surface area (Å²) in [6, 6.07) is 0. The summed E-state index contributed by atoms with van der Waals surface area (Å²) in [6.07, 6.45) is 1.25. The quantitative estimate of drug-likeness (QED) is 0.151. The summed E-state index contributed by atoms with van der Waals surface area (Å²) in [5.74, 6) is -2.03.